The number of nitrogens with one attached hydrogen (secondary N) is 1. The predicted octanol–water partition coefficient (Wildman–Crippen LogP) is 2.44. The van der Waals surface area contributed by atoms with E-state index in [4.69, 9.17) is 0 Å². The molecule has 0 unspecified atom stereocenters. The van der Waals surface area contributed by atoms with E-state index in [0.717, 1.165) is 34.6 Å². The molecular formula is C19H25N7O2. The number of H-pyrrole nitrogens is 1. The lowest BCUT2D eigenvalue weighted by atomic mass is 9.83. The molecule has 0 fully saturated rings. The second kappa shape index (κ2) is 8.28. The fourth-order valence-corrected chi connectivity index (χ4v) is 3.64. The summed E-state index contributed by atoms with van der Waals surface area (Å²) in [6.07, 6.45) is 3.59. The maximum Gasteiger partial charge on any atom is 0.307 e. The number of rotatable bonds is 8. The van der Waals surface area contributed by atoms with E-state index in [-0.39, 0.29) is 5.92 Å². The number of nitrogens with zero attached hydrogens (tertiary/aromatic N) is 6. The molecule has 0 saturated carbocycles. The Labute approximate surface area is 163 Å². The van der Waals surface area contributed by atoms with E-state index in [1.807, 2.05) is 44.6 Å². The van der Waals surface area contributed by atoms with Crippen molar-refractivity contribution in [3.8, 4) is 11.3 Å². The summed E-state index contributed by atoms with van der Waals surface area (Å²) in [4.78, 5) is 16.4. The molecule has 0 spiro atoms. The lowest BCUT2D eigenvalue weighted by Crippen LogP contribution is -2.25. The van der Waals surface area contributed by atoms with Gasteiger partial charge in [-0.2, -0.15) is 10.3 Å². The molecule has 2 atom stereocenters. The topological polar surface area (TPSA) is 122 Å². The third-order valence-corrected chi connectivity index (χ3v) is 5.14. The Hall–Kier alpha value is -3.10. The maximum atomic E-state index is 11.8. The van der Waals surface area contributed by atoms with Gasteiger partial charge in [0.15, 0.2) is 5.82 Å². The monoisotopic (exact) mass is 383 g/mol. The van der Waals surface area contributed by atoms with Gasteiger partial charge < -0.3 is 5.11 Å². The molecule has 9 nitrogen and oxygen atoms in total. The van der Waals surface area contributed by atoms with Crippen LogP contribution in [0.2, 0.25) is 0 Å². The molecule has 9 heteroatoms. The minimum atomic E-state index is -0.845. The number of aromatic amines is 1. The van der Waals surface area contributed by atoms with E-state index < -0.39 is 11.9 Å². The summed E-state index contributed by atoms with van der Waals surface area (Å²) in [5.41, 5.74) is 4.79. The molecule has 0 aliphatic carbocycles. The number of tetrazole rings is 1. The van der Waals surface area contributed by atoms with E-state index in [0.29, 0.717) is 18.7 Å². The molecule has 0 aromatic carbocycles. The van der Waals surface area contributed by atoms with Gasteiger partial charge in [-0.25, -0.2) is 0 Å². The third-order valence-electron chi connectivity index (χ3n) is 5.14. The van der Waals surface area contributed by atoms with E-state index in [2.05, 4.69) is 30.7 Å². The van der Waals surface area contributed by atoms with Gasteiger partial charge in [0.2, 0.25) is 0 Å². The first-order valence-corrected chi connectivity index (χ1v) is 9.34. The van der Waals surface area contributed by atoms with E-state index in [9.17, 15) is 9.90 Å². The zero-order valence-electron chi connectivity index (χ0n) is 16.5. The molecule has 3 aromatic heterocycles. The van der Waals surface area contributed by atoms with Crippen LogP contribution in [0.15, 0.2) is 18.3 Å². The zero-order valence-corrected chi connectivity index (χ0v) is 16.5. The molecule has 3 rings (SSSR count). The van der Waals surface area contributed by atoms with Gasteiger partial charge >= 0.3 is 5.97 Å². The Morgan fingerprint density at radius 2 is 2.11 bits per heavy atom. The Morgan fingerprint density at radius 1 is 1.32 bits per heavy atom. The lowest BCUT2D eigenvalue weighted by Gasteiger charge is -2.21. The summed E-state index contributed by atoms with van der Waals surface area (Å²) in [5, 5.41) is 28.3. The first-order valence-electron chi connectivity index (χ1n) is 9.34. The highest BCUT2D eigenvalue weighted by molar-refractivity contribution is 5.71. The van der Waals surface area contributed by atoms with Crippen LogP contribution < -0.4 is 0 Å². The number of aromatic nitrogens is 7. The summed E-state index contributed by atoms with van der Waals surface area (Å²) >= 11 is 0. The molecule has 0 radical (unpaired) electrons. The van der Waals surface area contributed by atoms with Crippen molar-refractivity contribution < 1.29 is 9.90 Å². The maximum absolute atomic E-state index is 11.8. The van der Waals surface area contributed by atoms with Gasteiger partial charge in [0.05, 0.1) is 17.3 Å². The number of hydrogen-bond acceptors (Lipinski definition) is 6. The van der Waals surface area contributed by atoms with Crippen LogP contribution in [0.1, 0.15) is 48.5 Å². The Bertz CT molecular complexity index is 932. The minimum Gasteiger partial charge on any atom is -0.481 e. The number of hydrogen-bond donors (Lipinski definition) is 2. The van der Waals surface area contributed by atoms with Crippen LogP contribution in [0.5, 0.6) is 0 Å². The van der Waals surface area contributed by atoms with Crippen LogP contribution in [-0.4, -0.2) is 46.5 Å². The summed E-state index contributed by atoms with van der Waals surface area (Å²) in [6, 6.07) is 3.93. The van der Waals surface area contributed by atoms with Crippen molar-refractivity contribution in [3.05, 3.63) is 41.1 Å². The van der Waals surface area contributed by atoms with Gasteiger partial charge in [-0.05, 0) is 38.3 Å². The molecule has 28 heavy (non-hydrogen) atoms. The highest BCUT2D eigenvalue weighted by Gasteiger charge is 2.32. The van der Waals surface area contributed by atoms with Crippen LogP contribution in [0.3, 0.4) is 0 Å². The number of aliphatic carboxylic acids is 1. The van der Waals surface area contributed by atoms with Crippen molar-refractivity contribution in [2.24, 2.45) is 13.0 Å². The molecule has 3 aromatic rings. The third kappa shape index (κ3) is 3.92. The first-order chi connectivity index (χ1) is 13.4. The van der Waals surface area contributed by atoms with Crippen molar-refractivity contribution in [1.82, 2.24) is 35.4 Å². The second-order valence-electron chi connectivity index (χ2n) is 7.04. The molecule has 3 heterocycles. The Morgan fingerprint density at radius 3 is 2.61 bits per heavy atom. The number of carboxylic acid groups (broad SMARTS) is 1. The molecule has 0 aliphatic rings. The van der Waals surface area contributed by atoms with Gasteiger partial charge in [0.1, 0.15) is 0 Å². The first kappa shape index (κ1) is 19.7. The number of pyridine rings is 1. The van der Waals surface area contributed by atoms with Gasteiger partial charge in [-0.15, -0.1) is 10.2 Å². The molecular weight excluding hydrogens is 358 g/mol. The van der Waals surface area contributed by atoms with Crippen molar-refractivity contribution in [2.75, 3.05) is 0 Å². The summed E-state index contributed by atoms with van der Waals surface area (Å²) in [5.74, 6) is -1.37. The van der Waals surface area contributed by atoms with Crippen molar-refractivity contribution in [2.45, 2.75) is 46.0 Å². The van der Waals surface area contributed by atoms with Crippen LogP contribution >= 0.6 is 0 Å². The Balaban J connectivity index is 1.88. The fourth-order valence-electron chi connectivity index (χ4n) is 3.64. The predicted molar refractivity (Wildman–Crippen MR) is 103 cm³/mol. The summed E-state index contributed by atoms with van der Waals surface area (Å²) in [7, 11) is 1.91. The molecule has 0 bridgehead atoms. The standard InChI is InChI=1S/C19H25N7O2/c1-5-6-14(19(27)28)15(18-21-24-25-22-18)9-13-7-8-16(20-10-13)17-11(2)23-26(4)12(17)3/h7-8,10,14-15H,5-6,9H2,1-4H3,(H,27,28)(H,21,22,24,25)/t14-,15-/m0/s1. The quantitative estimate of drug-likeness (QED) is 0.612. The van der Waals surface area contributed by atoms with Crippen LogP contribution in [0.4, 0.5) is 0 Å². The minimum absolute atomic E-state index is 0.370. The number of carboxylic acids is 1. The summed E-state index contributed by atoms with van der Waals surface area (Å²) < 4.78 is 1.84. The molecule has 148 valence electrons. The highest BCUT2D eigenvalue weighted by Crippen LogP contribution is 2.31. The van der Waals surface area contributed by atoms with Gasteiger partial charge in [0.25, 0.3) is 0 Å². The SMILES string of the molecule is CCC[C@H](C(=O)O)[C@H](Cc1ccc(-c2c(C)nn(C)c2C)nc1)c1nn[nH]n1. The van der Waals surface area contributed by atoms with Crippen molar-refractivity contribution in [3.63, 3.8) is 0 Å². The largest absolute Gasteiger partial charge is 0.481 e. The Kier molecular flexibility index (Phi) is 5.81. The van der Waals surface area contributed by atoms with Crippen molar-refractivity contribution >= 4 is 5.97 Å². The van der Waals surface area contributed by atoms with Gasteiger partial charge in [-0.1, -0.05) is 24.6 Å². The number of carbonyl (C=O) groups is 1. The van der Waals surface area contributed by atoms with E-state index in [1.54, 1.807) is 6.20 Å². The van der Waals surface area contributed by atoms with Gasteiger partial charge in [-0.3, -0.25) is 14.5 Å². The zero-order chi connectivity index (χ0) is 20.3. The van der Waals surface area contributed by atoms with E-state index in [1.165, 1.54) is 0 Å². The highest BCUT2D eigenvalue weighted by atomic mass is 16.4. The number of aryl methyl sites for hydroxylation is 2. The molecule has 0 saturated heterocycles. The van der Waals surface area contributed by atoms with Gasteiger partial charge in [0, 0.05) is 30.4 Å². The van der Waals surface area contributed by atoms with Crippen molar-refractivity contribution in [1.29, 1.82) is 0 Å². The van der Waals surface area contributed by atoms with Crippen LogP contribution in [-0.2, 0) is 18.3 Å². The average Bonchev–Trinajstić information content (AvgIpc) is 3.27. The molecule has 2 N–H and O–H groups in total. The average molecular weight is 383 g/mol. The fraction of sp³-hybridized carbons (Fsp3) is 0.474. The van der Waals surface area contributed by atoms with Crippen LogP contribution in [0, 0.1) is 19.8 Å². The molecule has 0 aliphatic heterocycles. The second-order valence-corrected chi connectivity index (χ2v) is 7.04. The summed E-state index contributed by atoms with van der Waals surface area (Å²) in [6.45, 7) is 5.95. The smallest absolute Gasteiger partial charge is 0.307 e. The van der Waals surface area contributed by atoms with E-state index >= 15 is 0 Å². The molecule has 0 amide bonds. The lowest BCUT2D eigenvalue weighted by molar-refractivity contribution is -0.142. The van der Waals surface area contributed by atoms with Crippen LogP contribution in [0.25, 0.3) is 11.3 Å². The normalized spacial score (nSPS) is 13.4.